The van der Waals surface area contributed by atoms with Crippen LogP contribution in [0.2, 0.25) is 0 Å². The van der Waals surface area contributed by atoms with Gasteiger partial charge in [-0.2, -0.15) is 0 Å². The van der Waals surface area contributed by atoms with Gasteiger partial charge in [0, 0.05) is 24.8 Å². The fourth-order valence-corrected chi connectivity index (χ4v) is 4.41. The normalized spacial score (nSPS) is 10.2. The maximum atomic E-state index is 8.25. The Balaban J connectivity index is 0.000000869. The Bertz CT molecular complexity index is 1380. The summed E-state index contributed by atoms with van der Waals surface area (Å²) in [5.41, 5.74) is 3.97. The predicted molar refractivity (Wildman–Crippen MR) is 158 cm³/mol. The summed E-state index contributed by atoms with van der Waals surface area (Å²) in [5, 5.41) is 29.5. The second kappa shape index (κ2) is 17.0. The van der Waals surface area contributed by atoms with Crippen molar-refractivity contribution < 1.29 is 35.1 Å². The van der Waals surface area contributed by atoms with Gasteiger partial charge in [0.2, 0.25) is 0 Å². The van der Waals surface area contributed by atoms with Crippen molar-refractivity contribution >= 4 is 0 Å². The Morgan fingerprint density at radius 3 is 0.909 bits per heavy atom. The second-order valence-electron chi connectivity index (χ2n) is 8.97. The van der Waals surface area contributed by atoms with Crippen LogP contribution >= 0.6 is 0 Å². The molecular weight excluding hydrogens is 659 g/mol. The van der Waals surface area contributed by atoms with E-state index in [2.05, 4.69) is 13.8 Å². The van der Waals surface area contributed by atoms with Crippen molar-refractivity contribution in [1.29, 1.82) is 0 Å². The molecule has 5 heterocycles. The molecule has 5 aromatic heterocycles. The van der Waals surface area contributed by atoms with Crippen LogP contribution in [0, 0.1) is 30.6 Å². The molecule has 3 N–H and O–H groups in total. The van der Waals surface area contributed by atoms with E-state index in [1.807, 2.05) is 116 Å². The van der Waals surface area contributed by atoms with Crippen molar-refractivity contribution in [2.75, 3.05) is 0 Å². The van der Waals surface area contributed by atoms with Crippen LogP contribution in [-0.4, -0.2) is 35.1 Å². The molecule has 0 aliphatic heterocycles. The van der Waals surface area contributed by atoms with Crippen molar-refractivity contribution in [2.24, 2.45) is 0 Å². The largest absolute Gasteiger partial charge is 2.00 e. The smallest absolute Gasteiger partial charge is 0.457 e. The van der Waals surface area contributed by atoms with Crippen molar-refractivity contribution in [3.8, 4) is 0 Å². The molecule has 0 saturated heterocycles. The number of aromatic nitrogens is 5. The first-order valence-corrected chi connectivity index (χ1v) is 12.4. The molecule has 0 aliphatic carbocycles. The molecule has 0 spiro atoms. The Kier molecular flexibility index (Phi) is 14.2. The molecule has 0 bridgehead atoms. The van der Waals surface area contributed by atoms with Crippen LogP contribution in [-0.2, 0) is 35.8 Å². The van der Waals surface area contributed by atoms with Crippen molar-refractivity contribution in [3.05, 3.63) is 181 Å². The third-order valence-electron chi connectivity index (χ3n) is 6.48. The molecule has 15 heteroatoms. The van der Waals surface area contributed by atoms with Gasteiger partial charge in [0.15, 0.2) is 0 Å². The molecular formula is C29H28N7O7Ru+. The Morgan fingerprint density at radius 1 is 0.477 bits per heavy atom. The zero-order valence-electron chi connectivity index (χ0n) is 23.5. The number of hydrogen-bond donors (Lipinski definition) is 0. The molecule has 44 heavy (non-hydrogen) atoms. The zero-order chi connectivity index (χ0) is 30.6. The topological polar surface area (TPSA) is 230 Å². The first-order chi connectivity index (χ1) is 20.1. The molecule has 0 aliphatic rings. The van der Waals surface area contributed by atoms with Gasteiger partial charge in [0.05, 0.1) is 55.2 Å². The maximum absolute atomic E-state index is 8.25. The third-order valence-corrected chi connectivity index (χ3v) is 6.48. The van der Waals surface area contributed by atoms with E-state index < -0.39 is 21.0 Å². The Labute approximate surface area is 264 Å². The van der Waals surface area contributed by atoms with Gasteiger partial charge < -0.3 is 36.1 Å². The summed E-state index contributed by atoms with van der Waals surface area (Å²) in [6.07, 6.45) is 7.25. The van der Waals surface area contributed by atoms with Crippen LogP contribution in [0.4, 0.5) is 0 Å². The van der Waals surface area contributed by atoms with E-state index in [9.17, 15) is 0 Å². The molecule has 0 radical (unpaired) electrons. The van der Waals surface area contributed by atoms with Gasteiger partial charge >= 0.3 is 19.5 Å². The van der Waals surface area contributed by atoms with Crippen molar-refractivity contribution in [2.45, 2.75) is 24.7 Å². The summed E-state index contributed by atoms with van der Waals surface area (Å²) in [5.74, 6) is 0. The van der Waals surface area contributed by atoms with E-state index in [1.165, 1.54) is 0 Å². The molecule has 0 unspecified atom stereocenters. The average Bonchev–Trinajstić information content (AvgIpc) is 3.01. The van der Waals surface area contributed by atoms with Crippen LogP contribution < -0.4 is 0 Å². The van der Waals surface area contributed by atoms with Crippen LogP contribution in [0.1, 0.15) is 48.0 Å². The van der Waals surface area contributed by atoms with Crippen molar-refractivity contribution in [1.82, 2.24) is 24.9 Å². The standard InChI is InChI=1S/C29H25N5.2NO3.H2O.Ru/c1-28(22-12-3-7-18-30-22,23-13-4-8-19-31-23)26-16-11-17-27(34-26)29(2,24-14-5-9-20-32-24)25-15-6-10-21-33-25;2*2-1(3)4;;/h3-21H,1-2H3;;;1H2;/q;2*-1;;+2/p+1. The van der Waals surface area contributed by atoms with Gasteiger partial charge in [-0.15, -0.1) is 0 Å². The summed E-state index contributed by atoms with van der Waals surface area (Å²) in [6.45, 7) is 4.26. The van der Waals surface area contributed by atoms with E-state index in [0.29, 0.717) is 0 Å². The molecule has 0 aromatic carbocycles. The second-order valence-corrected chi connectivity index (χ2v) is 8.97. The first kappa shape index (κ1) is 36.8. The van der Waals surface area contributed by atoms with E-state index in [4.69, 9.17) is 55.6 Å². The Morgan fingerprint density at radius 2 is 0.705 bits per heavy atom. The van der Waals surface area contributed by atoms with E-state index in [1.54, 1.807) is 0 Å². The summed E-state index contributed by atoms with van der Waals surface area (Å²) in [4.78, 5) is 40.6. The van der Waals surface area contributed by atoms with Gasteiger partial charge in [0.1, 0.15) is 0 Å². The summed E-state index contributed by atoms with van der Waals surface area (Å²) >= 11 is 0. The Hall–Kier alpha value is -5.27. The number of hydrogen-bond acceptors (Lipinski definition) is 11. The number of nitrogens with zero attached hydrogens (tertiary/aromatic N) is 7. The van der Waals surface area contributed by atoms with Gasteiger partial charge in [-0.25, -0.2) is 0 Å². The van der Waals surface area contributed by atoms with Crippen LogP contribution in [0.25, 0.3) is 0 Å². The zero-order valence-corrected chi connectivity index (χ0v) is 25.2. The SMILES string of the molecule is CC(c1ccccn1)(c1ccccn1)c1cccc(C(C)(c2ccccn2)c2ccccn2)n1.O=[N+]([O-])[O-].O=[N+]([O-])[O-].[OH3+].[Ru+2]. The quantitative estimate of drug-likeness (QED) is 0.107. The van der Waals surface area contributed by atoms with Crippen LogP contribution in [0.3, 0.4) is 0 Å². The van der Waals surface area contributed by atoms with E-state index in [-0.39, 0.29) is 25.0 Å². The number of pyridine rings is 5. The van der Waals surface area contributed by atoms with Crippen molar-refractivity contribution in [3.63, 3.8) is 0 Å². The molecule has 0 atom stereocenters. The fraction of sp³-hybridized carbons (Fsp3) is 0.138. The maximum Gasteiger partial charge on any atom is 2.00 e. The van der Waals surface area contributed by atoms with Gasteiger partial charge in [-0.3, -0.25) is 24.9 Å². The minimum Gasteiger partial charge on any atom is -0.457 e. The van der Waals surface area contributed by atoms with Crippen LogP contribution in [0.15, 0.2) is 116 Å². The minimum absolute atomic E-state index is 0. The molecule has 0 amide bonds. The molecule has 0 saturated carbocycles. The first-order valence-electron chi connectivity index (χ1n) is 12.4. The van der Waals surface area contributed by atoms with E-state index >= 15 is 0 Å². The molecule has 0 fully saturated rings. The summed E-state index contributed by atoms with van der Waals surface area (Å²) in [7, 11) is 0. The fourth-order valence-electron chi connectivity index (χ4n) is 4.41. The molecule has 228 valence electrons. The summed E-state index contributed by atoms with van der Waals surface area (Å²) < 4.78 is 0. The molecule has 14 nitrogen and oxygen atoms in total. The third kappa shape index (κ3) is 8.87. The van der Waals surface area contributed by atoms with Gasteiger partial charge in [-0.05, 0) is 74.5 Å². The molecule has 5 rings (SSSR count). The van der Waals surface area contributed by atoms with E-state index in [0.717, 1.165) is 34.2 Å². The monoisotopic (exact) mass is 688 g/mol. The molecule has 5 aromatic rings. The predicted octanol–water partition coefficient (Wildman–Crippen LogP) is 3.97. The van der Waals surface area contributed by atoms with Gasteiger partial charge in [0.25, 0.3) is 0 Å². The average molecular weight is 688 g/mol. The number of rotatable bonds is 6. The summed E-state index contributed by atoms with van der Waals surface area (Å²) in [6, 6.07) is 29.9. The van der Waals surface area contributed by atoms with Gasteiger partial charge in [-0.1, -0.05) is 30.3 Å². The minimum atomic E-state index is -1.75. The van der Waals surface area contributed by atoms with Crippen LogP contribution in [0.5, 0.6) is 0 Å².